The molecule has 2 heterocycles. The molecule has 1 aromatic carbocycles. The molecule has 1 aliphatic rings. The highest BCUT2D eigenvalue weighted by Gasteiger charge is 2.38. The van der Waals surface area contributed by atoms with Gasteiger partial charge >= 0.3 is 6.18 Å². The second-order valence-electron chi connectivity index (χ2n) is 9.18. The number of alkyl halides is 3. The van der Waals surface area contributed by atoms with Crippen molar-refractivity contribution in [3.8, 4) is 11.4 Å². The van der Waals surface area contributed by atoms with E-state index in [0.29, 0.717) is 17.7 Å². The smallest absolute Gasteiger partial charge is 0.364 e. The number of hydrogen-bond donors (Lipinski definition) is 1. The summed E-state index contributed by atoms with van der Waals surface area (Å²) in [5.41, 5.74) is 6.62. The SMILES string of the molecule is CN(CCCSc1nnc(-c2ccc(C(N)=O)nc2)n1C)CCC1C[C@@H]1c1ccc(C(F)(F)F)cc1. The molecule has 0 radical (unpaired) electrons. The zero-order valence-electron chi connectivity index (χ0n) is 20.2. The Balaban J connectivity index is 1.16. The van der Waals surface area contributed by atoms with Crippen molar-refractivity contribution in [3.05, 3.63) is 59.4 Å². The minimum Gasteiger partial charge on any atom is -0.364 e. The molecule has 4 rings (SSSR count). The summed E-state index contributed by atoms with van der Waals surface area (Å²) >= 11 is 1.64. The molecule has 0 bridgehead atoms. The van der Waals surface area contributed by atoms with E-state index in [0.717, 1.165) is 54.4 Å². The van der Waals surface area contributed by atoms with Crippen molar-refractivity contribution in [2.75, 3.05) is 25.9 Å². The van der Waals surface area contributed by atoms with Gasteiger partial charge in [0.15, 0.2) is 11.0 Å². The van der Waals surface area contributed by atoms with Crippen molar-refractivity contribution in [2.45, 2.75) is 36.5 Å². The van der Waals surface area contributed by atoms with E-state index in [-0.39, 0.29) is 5.69 Å². The lowest BCUT2D eigenvalue weighted by molar-refractivity contribution is -0.137. The lowest BCUT2D eigenvalue weighted by Gasteiger charge is -2.16. The Hall–Kier alpha value is -2.92. The van der Waals surface area contributed by atoms with Crippen LogP contribution in [0.25, 0.3) is 11.4 Å². The molecule has 2 aromatic heterocycles. The highest BCUT2D eigenvalue weighted by Crippen LogP contribution is 2.49. The molecule has 1 fully saturated rings. The first-order valence-electron chi connectivity index (χ1n) is 11.8. The average Bonchev–Trinajstić information content (AvgIpc) is 3.54. The van der Waals surface area contributed by atoms with Gasteiger partial charge in [0.2, 0.25) is 0 Å². The van der Waals surface area contributed by atoms with Gasteiger partial charge in [-0.2, -0.15) is 13.2 Å². The highest BCUT2D eigenvalue weighted by atomic mass is 32.2. The number of pyridine rings is 1. The van der Waals surface area contributed by atoms with E-state index >= 15 is 0 Å². The van der Waals surface area contributed by atoms with Crippen molar-refractivity contribution in [1.82, 2.24) is 24.6 Å². The zero-order chi connectivity index (χ0) is 25.9. The highest BCUT2D eigenvalue weighted by molar-refractivity contribution is 7.99. The first kappa shape index (κ1) is 26.2. The van der Waals surface area contributed by atoms with Gasteiger partial charge in [-0.1, -0.05) is 23.9 Å². The maximum atomic E-state index is 12.7. The topological polar surface area (TPSA) is 89.9 Å². The van der Waals surface area contributed by atoms with Crippen molar-refractivity contribution >= 4 is 17.7 Å². The molecule has 0 aliphatic heterocycles. The second kappa shape index (κ2) is 11.0. The first-order chi connectivity index (χ1) is 17.1. The Bertz CT molecular complexity index is 1180. The number of primary amides is 1. The largest absolute Gasteiger partial charge is 0.416 e. The van der Waals surface area contributed by atoms with Gasteiger partial charge in [0.25, 0.3) is 5.91 Å². The van der Waals surface area contributed by atoms with Crippen LogP contribution >= 0.6 is 11.8 Å². The molecular weight excluding hydrogens is 489 g/mol. The van der Waals surface area contributed by atoms with E-state index in [1.54, 1.807) is 42.2 Å². The van der Waals surface area contributed by atoms with E-state index in [4.69, 9.17) is 5.73 Å². The van der Waals surface area contributed by atoms with Gasteiger partial charge in [0, 0.05) is 24.6 Å². The van der Waals surface area contributed by atoms with E-state index in [1.807, 2.05) is 11.6 Å². The fourth-order valence-corrected chi connectivity index (χ4v) is 5.09. The molecule has 7 nitrogen and oxygen atoms in total. The number of carbonyl (C=O) groups excluding carboxylic acids is 1. The van der Waals surface area contributed by atoms with E-state index in [1.165, 1.54) is 12.1 Å². The van der Waals surface area contributed by atoms with Crippen LogP contribution in [-0.2, 0) is 13.2 Å². The van der Waals surface area contributed by atoms with Crippen molar-refractivity contribution in [3.63, 3.8) is 0 Å². The van der Waals surface area contributed by atoms with Crippen LogP contribution in [0, 0.1) is 5.92 Å². The van der Waals surface area contributed by atoms with Crippen LogP contribution in [0.4, 0.5) is 13.2 Å². The number of halogens is 3. The van der Waals surface area contributed by atoms with Crippen LogP contribution in [-0.4, -0.2) is 56.4 Å². The Morgan fingerprint density at radius 1 is 1.17 bits per heavy atom. The molecule has 2 atom stereocenters. The molecule has 3 aromatic rings. The fraction of sp³-hybridized carbons (Fsp3) is 0.440. The van der Waals surface area contributed by atoms with Crippen molar-refractivity contribution in [1.29, 1.82) is 0 Å². The maximum Gasteiger partial charge on any atom is 0.416 e. The summed E-state index contributed by atoms with van der Waals surface area (Å²) in [5, 5.41) is 9.33. The number of hydrogen-bond acceptors (Lipinski definition) is 6. The quantitative estimate of drug-likeness (QED) is 0.295. The first-order valence-corrected chi connectivity index (χ1v) is 12.8. The molecule has 1 saturated carbocycles. The number of benzene rings is 1. The normalized spacial score (nSPS) is 17.5. The van der Waals surface area contributed by atoms with Gasteiger partial charge in [-0.05, 0) is 81.1 Å². The lowest BCUT2D eigenvalue weighted by atomic mass is 10.1. The molecule has 36 heavy (non-hydrogen) atoms. The van der Waals surface area contributed by atoms with Crippen LogP contribution in [0.2, 0.25) is 0 Å². The van der Waals surface area contributed by atoms with Gasteiger partial charge in [-0.3, -0.25) is 9.78 Å². The third-order valence-corrected chi connectivity index (χ3v) is 7.60. The minimum absolute atomic E-state index is 0.205. The van der Waals surface area contributed by atoms with Crippen LogP contribution in [0.5, 0.6) is 0 Å². The molecule has 1 unspecified atom stereocenters. The number of carbonyl (C=O) groups is 1. The second-order valence-corrected chi connectivity index (χ2v) is 10.2. The Labute approximate surface area is 212 Å². The summed E-state index contributed by atoms with van der Waals surface area (Å²) in [7, 11) is 4.00. The molecule has 1 aliphatic carbocycles. The van der Waals surface area contributed by atoms with E-state index < -0.39 is 17.6 Å². The molecule has 11 heteroatoms. The van der Waals surface area contributed by atoms with Gasteiger partial charge in [-0.25, -0.2) is 0 Å². The summed E-state index contributed by atoms with van der Waals surface area (Å²) in [6.45, 7) is 1.92. The number of nitrogens with two attached hydrogens (primary N) is 1. The number of rotatable bonds is 11. The lowest BCUT2D eigenvalue weighted by Crippen LogP contribution is -2.21. The number of thioether (sulfide) groups is 1. The molecular formula is C25H29F3N6OS. The van der Waals surface area contributed by atoms with Gasteiger partial charge in [-0.15, -0.1) is 10.2 Å². The summed E-state index contributed by atoms with van der Waals surface area (Å²) in [6, 6.07) is 8.94. The van der Waals surface area contributed by atoms with Crippen molar-refractivity contribution in [2.24, 2.45) is 18.7 Å². The van der Waals surface area contributed by atoms with Crippen LogP contribution in [0.15, 0.2) is 47.8 Å². The van der Waals surface area contributed by atoms with Crippen molar-refractivity contribution < 1.29 is 18.0 Å². The van der Waals surface area contributed by atoms with Gasteiger partial charge < -0.3 is 15.2 Å². The number of nitrogens with zero attached hydrogens (tertiary/aromatic N) is 5. The van der Waals surface area contributed by atoms with Crippen LogP contribution < -0.4 is 5.73 Å². The Morgan fingerprint density at radius 3 is 2.56 bits per heavy atom. The average molecular weight is 519 g/mol. The Morgan fingerprint density at radius 2 is 1.92 bits per heavy atom. The van der Waals surface area contributed by atoms with Gasteiger partial charge in [0.05, 0.1) is 5.56 Å². The monoisotopic (exact) mass is 518 g/mol. The third kappa shape index (κ3) is 6.44. The number of aromatic nitrogens is 4. The summed E-state index contributed by atoms with van der Waals surface area (Å²) in [4.78, 5) is 17.6. The zero-order valence-corrected chi connectivity index (χ0v) is 21.0. The fourth-order valence-electron chi connectivity index (χ4n) is 4.25. The van der Waals surface area contributed by atoms with Crippen LogP contribution in [0.1, 0.15) is 46.8 Å². The molecule has 0 saturated heterocycles. The summed E-state index contributed by atoms with van der Waals surface area (Å²) in [6.07, 6.45) is 0.365. The predicted octanol–water partition coefficient (Wildman–Crippen LogP) is 4.60. The summed E-state index contributed by atoms with van der Waals surface area (Å²) < 4.78 is 40.1. The molecule has 192 valence electrons. The number of amides is 1. The van der Waals surface area contributed by atoms with Crippen LogP contribution in [0.3, 0.4) is 0 Å². The van der Waals surface area contributed by atoms with E-state index in [9.17, 15) is 18.0 Å². The maximum absolute atomic E-state index is 12.7. The predicted molar refractivity (Wildman–Crippen MR) is 132 cm³/mol. The molecule has 0 spiro atoms. The van der Waals surface area contributed by atoms with Gasteiger partial charge in [0.1, 0.15) is 5.69 Å². The van der Waals surface area contributed by atoms with E-state index in [2.05, 4.69) is 27.1 Å². The third-order valence-electron chi connectivity index (χ3n) is 6.49. The Kier molecular flexibility index (Phi) is 7.99. The minimum atomic E-state index is -4.28. The standard InChI is InChI=1S/C25H29F3N6OS/c1-33(12-10-17-14-20(17)16-4-7-19(8-5-16)25(26,27)28)11-3-13-36-24-32-31-23(34(24)2)18-6-9-21(22(29)35)30-15-18/h4-9,15,17,20H,3,10-14H2,1-2H3,(H2,29,35)/t17?,20-/m1/s1. The molecule has 1 amide bonds. The molecule has 2 N–H and O–H groups in total. The summed E-state index contributed by atoms with van der Waals surface area (Å²) in [5.74, 6) is 1.92.